The quantitative estimate of drug-likeness (QED) is 0.830. The summed E-state index contributed by atoms with van der Waals surface area (Å²) < 4.78 is 7.68. The molecule has 2 fully saturated rings. The van der Waals surface area contributed by atoms with Crippen LogP contribution in [0.15, 0.2) is 12.3 Å². The molecule has 2 heterocycles. The Morgan fingerprint density at radius 2 is 2.24 bits per heavy atom. The van der Waals surface area contributed by atoms with E-state index >= 15 is 0 Å². The average molecular weight is 291 g/mol. The molecule has 0 bridgehead atoms. The lowest BCUT2D eigenvalue weighted by Crippen LogP contribution is -2.46. The molecule has 1 saturated heterocycles. The van der Waals surface area contributed by atoms with Gasteiger partial charge in [-0.1, -0.05) is 19.8 Å². The summed E-state index contributed by atoms with van der Waals surface area (Å²) in [6.45, 7) is 5.40. The number of morpholine rings is 1. The number of hydrogen-bond donors (Lipinski definition) is 0. The largest absolute Gasteiger partial charge is 0.368 e. The van der Waals surface area contributed by atoms with Crippen LogP contribution in [0.5, 0.6) is 0 Å². The molecule has 5 nitrogen and oxygen atoms in total. The Morgan fingerprint density at radius 1 is 1.43 bits per heavy atom. The number of likely N-dealkylation sites (N-methyl/N-ethyl adjacent to an activating group) is 1. The Balaban J connectivity index is 1.57. The minimum atomic E-state index is -0.282. The standard InChI is InChI=1S/C16H25N3O2/c1-2-18-9-10-21-16(12-18)15(20)11-13-7-8-19(17-13)14-5-3-4-6-14/h7-8,14,16H,2-6,9-12H2,1H3. The summed E-state index contributed by atoms with van der Waals surface area (Å²) in [5, 5.41) is 4.59. The van der Waals surface area contributed by atoms with Crippen LogP contribution in [0.1, 0.15) is 44.3 Å². The van der Waals surface area contributed by atoms with Gasteiger partial charge < -0.3 is 4.74 Å². The zero-order valence-electron chi connectivity index (χ0n) is 12.8. The molecule has 0 spiro atoms. The van der Waals surface area contributed by atoms with Gasteiger partial charge in [-0.25, -0.2) is 0 Å². The summed E-state index contributed by atoms with van der Waals surface area (Å²) >= 11 is 0. The average Bonchev–Trinajstić information content (AvgIpc) is 3.18. The van der Waals surface area contributed by atoms with Gasteiger partial charge in [0.2, 0.25) is 0 Å². The maximum Gasteiger partial charge on any atom is 0.168 e. The molecule has 2 aliphatic rings. The van der Waals surface area contributed by atoms with Crippen LogP contribution in [-0.2, 0) is 16.0 Å². The predicted octanol–water partition coefficient (Wildman–Crippen LogP) is 1.83. The number of ketones is 1. The maximum atomic E-state index is 12.4. The topological polar surface area (TPSA) is 47.4 Å². The number of nitrogens with zero attached hydrogens (tertiary/aromatic N) is 3. The van der Waals surface area contributed by atoms with Gasteiger partial charge in [-0.2, -0.15) is 5.10 Å². The van der Waals surface area contributed by atoms with E-state index in [1.54, 1.807) is 0 Å². The van der Waals surface area contributed by atoms with E-state index in [0.29, 0.717) is 19.1 Å². The lowest BCUT2D eigenvalue weighted by molar-refractivity contribution is -0.135. The number of Topliss-reactive ketones (excluding diaryl/α,β-unsaturated/α-hetero) is 1. The smallest absolute Gasteiger partial charge is 0.168 e. The van der Waals surface area contributed by atoms with Crippen molar-refractivity contribution in [3.63, 3.8) is 0 Å². The Labute approximate surface area is 126 Å². The molecular weight excluding hydrogens is 266 g/mol. The van der Waals surface area contributed by atoms with Crippen molar-refractivity contribution in [3.8, 4) is 0 Å². The minimum Gasteiger partial charge on any atom is -0.368 e. The molecule has 21 heavy (non-hydrogen) atoms. The lowest BCUT2D eigenvalue weighted by atomic mass is 10.1. The second kappa shape index (κ2) is 6.71. The van der Waals surface area contributed by atoms with E-state index in [-0.39, 0.29) is 11.9 Å². The third-order valence-corrected chi connectivity index (χ3v) is 4.67. The van der Waals surface area contributed by atoms with E-state index in [1.807, 2.05) is 12.3 Å². The molecule has 1 aliphatic carbocycles. The van der Waals surface area contributed by atoms with E-state index in [9.17, 15) is 4.79 Å². The molecular formula is C16H25N3O2. The molecule has 3 rings (SSSR count). The third-order valence-electron chi connectivity index (χ3n) is 4.67. The molecule has 5 heteroatoms. The van der Waals surface area contributed by atoms with Crippen molar-refractivity contribution in [2.75, 3.05) is 26.2 Å². The van der Waals surface area contributed by atoms with Gasteiger partial charge in [0.15, 0.2) is 5.78 Å². The number of hydrogen-bond acceptors (Lipinski definition) is 4. The highest BCUT2D eigenvalue weighted by Gasteiger charge is 2.26. The first kappa shape index (κ1) is 14.7. The lowest BCUT2D eigenvalue weighted by Gasteiger charge is -2.31. The van der Waals surface area contributed by atoms with Crippen molar-refractivity contribution < 1.29 is 9.53 Å². The van der Waals surface area contributed by atoms with Crippen LogP contribution < -0.4 is 0 Å². The molecule has 1 atom stereocenters. The van der Waals surface area contributed by atoms with Crippen LogP contribution in [-0.4, -0.2) is 52.8 Å². The van der Waals surface area contributed by atoms with Gasteiger partial charge in [-0.3, -0.25) is 14.4 Å². The van der Waals surface area contributed by atoms with Crippen LogP contribution in [0, 0.1) is 0 Å². The Kier molecular flexibility index (Phi) is 4.70. The normalized spacial score (nSPS) is 24.5. The second-order valence-corrected chi connectivity index (χ2v) is 6.12. The van der Waals surface area contributed by atoms with Crippen molar-refractivity contribution in [1.29, 1.82) is 0 Å². The molecule has 1 aromatic heterocycles. The maximum absolute atomic E-state index is 12.4. The molecule has 0 aromatic carbocycles. The molecule has 1 aliphatic heterocycles. The highest BCUT2D eigenvalue weighted by atomic mass is 16.5. The summed E-state index contributed by atoms with van der Waals surface area (Å²) in [6.07, 6.45) is 7.15. The van der Waals surface area contributed by atoms with E-state index in [2.05, 4.69) is 21.6 Å². The summed E-state index contributed by atoms with van der Waals surface area (Å²) in [6, 6.07) is 2.52. The first-order chi connectivity index (χ1) is 10.3. The fourth-order valence-electron chi connectivity index (χ4n) is 3.32. The van der Waals surface area contributed by atoms with Crippen LogP contribution in [0.4, 0.5) is 0 Å². The summed E-state index contributed by atoms with van der Waals surface area (Å²) in [5.41, 5.74) is 0.879. The molecule has 0 radical (unpaired) electrons. The first-order valence-electron chi connectivity index (χ1n) is 8.17. The predicted molar refractivity (Wildman–Crippen MR) is 80.3 cm³/mol. The van der Waals surface area contributed by atoms with Gasteiger partial charge in [0, 0.05) is 19.3 Å². The zero-order valence-corrected chi connectivity index (χ0v) is 12.8. The molecule has 1 saturated carbocycles. The highest BCUT2D eigenvalue weighted by molar-refractivity contribution is 5.85. The molecule has 1 aromatic rings. The van der Waals surface area contributed by atoms with Crippen molar-refractivity contribution >= 4 is 5.78 Å². The van der Waals surface area contributed by atoms with Crippen molar-refractivity contribution in [1.82, 2.24) is 14.7 Å². The second-order valence-electron chi connectivity index (χ2n) is 6.12. The molecule has 116 valence electrons. The first-order valence-corrected chi connectivity index (χ1v) is 8.17. The van der Waals surface area contributed by atoms with Gasteiger partial charge in [-0.05, 0) is 25.5 Å². The van der Waals surface area contributed by atoms with Gasteiger partial charge in [0.1, 0.15) is 6.10 Å². The van der Waals surface area contributed by atoms with E-state index in [4.69, 9.17) is 4.74 Å². The minimum absolute atomic E-state index is 0.157. The molecule has 1 unspecified atom stereocenters. The van der Waals surface area contributed by atoms with Gasteiger partial charge >= 0.3 is 0 Å². The Hall–Kier alpha value is -1.20. The van der Waals surface area contributed by atoms with Crippen LogP contribution in [0.25, 0.3) is 0 Å². The van der Waals surface area contributed by atoms with E-state index in [1.165, 1.54) is 25.7 Å². The number of ether oxygens (including phenoxy) is 1. The molecule has 0 amide bonds. The van der Waals surface area contributed by atoms with Crippen molar-refractivity contribution in [3.05, 3.63) is 18.0 Å². The summed E-state index contributed by atoms with van der Waals surface area (Å²) in [4.78, 5) is 14.6. The number of carbonyl (C=O) groups is 1. The number of carbonyl (C=O) groups excluding carboxylic acids is 1. The van der Waals surface area contributed by atoms with Gasteiger partial charge in [0.25, 0.3) is 0 Å². The summed E-state index contributed by atoms with van der Waals surface area (Å²) in [7, 11) is 0. The van der Waals surface area contributed by atoms with E-state index < -0.39 is 0 Å². The van der Waals surface area contributed by atoms with E-state index in [0.717, 1.165) is 25.3 Å². The monoisotopic (exact) mass is 291 g/mol. The zero-order chi connectivity index (χ0) is 14.7. The van der Waals surface area contributed by atoms with Gasteiger partial charge in [0.05, 0.1) is 24.8 Å². The molecule has 0 N–H and O–H groups in total. The Morgan fingerprint density at radius 3 is 3.00 bits per heavy atom. The highest BCUT2D eigenvalue weighted by Crippen LogP contribution is 2.28. The van der Waals surface area contributed by atoms with Crippen molar-refractivity contribution in [2.24, 2.45) is 0 Å². The van der Waals surface area contributed by atoms with Crippen LogP contribution >= 0.6 is 0 Å². The fraction of sp³-hybridized carbons (Fsp3) is 0.750. The number of rotatable bonds is 5. The fourth-order valence-corrected chi connectivity index (χ4v) is 3.32. The van der Waals surface area contributed by atoms with Gasteiger partial charge in [-0.15, -0.1) is 0 Å². The Bertz CT molecular complexity index is 480. The van der Waals surface area contributed by atoms with Crippen molar-refractivity contribution in [2.45, 2.75) is 51.2 Å². The SMILES string of the molecule is CCN1CCOC(C(=O)Cc2ccn(C3CCCC3)n2)C1. The van der Waals surface area contributed by atoms with Crippen LogP contribution in [0.2, 0.25) is 0 Å². The third kappa shape index (κ3) is 3.52. The van der Waals surface area contributed by atoms with Crippen LogP contribution in [0.3, 0.4) is 0 Å². The summed E-state index contributed by atoms with van der Waals surface area (Å²) in [5.74, 6) is 0.157. The number of aromatic nitrogens is 2.